The van der Waals surface area contributed by atoms with Crippen LogP contribution in [0.5, 0.6) is 5.75 Å². The Balaban J connectivity index is 2.50. The second kappa shape index (κ2) is 4.05. The molecule has 1 heterocycles. The van der Waals surface area contributed by atoms with Crippen LogP contribution in [0.3, 0.4) is 0 Å². The van der Waals surface area contributed by atoms with Crippen LogP contribution in [-0.4, -0.2) is 5.11 Å². The lowest BCUT2D eigenvalue weighted by Crippen LogP contribution is -2.00. The van der Waals surface area contributed by atoms with Crippen LogP contribution in [0, 0.1) is 0 Å². The lowest BCUT2D eigenvalue weighted by molar-refractivity contribution is 0.151. The van der Waals surface area contributed by atoms with Crippen molar-refractivity contribution in [2.24, 2.45) is 0 Å². The van der Waals surface area contributed by atoms with E-state index in [1.54, 1.807) is 0 Å². The highest BCUT2D eigenvalue weighted by Gasteiger charge is 2.12. The molecule has 0 aliphatic carbocycles. The number of phenols is 1. The Morgan fingerprint density at radius 1 is 1.00 bits per heavy atom. The van der Waals surface area contributed by atoms with Crippen LogP contribution in [0.15, 0.2) is 45.6 Å². The number of fused-ring (bicyclic) bond motifs is 3. The number of halogens is 2. The second-order valence-corrected chi connectivity index (χ2v) is 4.18. The van der Waals surface area contributed by atoms with Crippen molar-refractivity contribution in [1.29, 1.82) is 0 Å². The number of alkyl halides is 2. The number of hydrogen-bond donors (Lipinski definition) is 1. The molecule has 0 radical (unpaired) electrons. The van der Waals surface area contributed by atoms with Crippen LogP contribution in [0.2, 0.25) is 0 Å². The van der Waals surface area contributed by atoms with Gasteiger partial charge in [-0.1, -0.05) is 6.07 Å². The molecular formula is C14H8F2O3. The fraction of sp³-hybridized carbons (Fsp3) is 0.0714. The van der Waals surface area contributed by atoms with E-state index < -0.39 is 12.1 Å². The van der Waals surface area contributed by atoms with E-state index in [9.17, 15) is 18.7 Å². The van der Waals surface area contributed by atoms with E-state index in [2.05, 4.69) is 0 Å². The first-order chi connectivity index (χ1) is 9.06. The molecule has 0 unspecified atom stereocenters. The SMILES string of the molecule is O=c1oc2cc(O)ccc2c2cc(C(F)F)ccc12. The maximum atomic E-state index is 12.7. The molecule has 3 nitrogen and oxygen atoms in total. The molecule has 0 spiro atoms. The van der Waals surface area contributed by atoms with Gasteiger partial charge in [-0.3, -0.25) is 0 Å². The van der Waals surface area contributed by atoms with Crippen LogP contribution >= 0.6 is 0 Å². The molecule has 0 aliphatic heterocycles. The van der Waals surface area contributed by atoms with Gasteiger partial charge in [0.25, 0.3) is 6.43 Å². The lowest BCUT2D eigenvalue weighted by atomic mass is 10.0. The van der Waals surface area contributed by atoms with Crippen LogP contribution in [0.25, 0.3) is 21.7 Å². The zero-order valence-corrected chi connectivity index (χ0v) is 9.56. The van der Waals surface area contributed by atoms with Gasteiger partial charge in [0.2, 0.25) is 0 Å². The number of benzene rings is 2. The summed E-state index contributed by atoms with van der Waals surface area (Å²) in [5, 5.41) is 10.5. The third-order valence-corrected chi connectivity index (χ3v) is 2.97. The van der Waals surface area contributed by atoms with Crippen LogP contribution < -0.4 is 5.63 Å². The first kappa shape index (κ1) is 11.6. The summed E-state index contributed by atoms with van der Waals surface area (Å²) < 4.78 is 30.5. The molecular weight excluding hydrogens is 254 g/mol. The minimum absolute atomic E-state index is 0.0555. The monoisotopic (exact) mass is 262 g/mol. The Labute approximate surface area is 105 Å². The van der Waals surface area contributed by atoms with Crippen molar-refractivity contribution in [2.75, 3.05) is 0 Å². The van der Waals surface area contributed by atoms with Crippen LogP contribution in [0.4, 0.5) is 8.78 Å². The summed E-state index contributed by atoms with van der Waals surface area (Å²) in [5.41, 5.74) is -0.606. The van der Waals surface area contributed by atoms with Crippen molar-refractivity contribution >= 4 is 21.7 Å². The topological polar surface area (TPSA) is 50.4 Å². The second-order valence-electron chi connectivity index (χ2n) is 4.18. The molecule has 0 aliphatic rings. The van der Waals surface area contributed by atoms with Gasteiger partial charge in [0, 0.05) is 22.4 Å². The van der Waals surface area contributed by atoms with Gasteiger partial charge < -0.3 is 9.52 Å². The molecule has 96 valence electrons. The van der Waals surface area contributed by atoms with E-state index in [1.165, 1.54) is 36.4 Å². The molecule has 0 atom stereocenters. The van der Waals surface area contributed by atoms with Crippen molar-refractivity contribution in [3.63, 3.8) is 0 Å². The number of hydrogen-bond acceptors (Lipinski definition) is 3. The average Bonchev–Trinajstić information content (AvgIpc) is 2.37. The normalized spacial score (nSPS) is 11.5. The first-order valence-corrected chi connectivity index (χ1v) is 5.54. The van der Waals surface area contributed by atoms with Gasteiger partial charge in [-0.25, -0.2) is 13.6 Å². The van der Waals surface area contributed by atoms with E-state index in [0.717, 1.165) is 0 Å². The molecule has 2 aromatic carbocycles. The van der Waals surface area contributed by atoms with Crippen molar-refractivity contribution < 1.29 is 18.3 Å². The quantitative estimate of drug-likeness (QED) is 0.538. The Kier molecular flexibility index (Phi) is 2.48. The lowest BCUT2D eigenvalue weighted by Gasteiger charge is -2.05. The first-order valence-electron chi connectivity index (χ1n) is 5.54. The molecule has 5 heteroatoms. The minimum Gasteiger partial charge on any atom is -0.508 e. The highest BCUT2D eigenvalue weighted by molar-refractivity contribution is 6.04. The summed E-state index contributed by atoms with van der Waals surface area (Å²) in [5.74, 6) is -0.0555. The zero-order valence-electron chi connectivity index (χ0n) is 9.56. The summed E-state index contributed by atoms with van der Waals surface area (Å²) in [7, 11) is 0. The predicted octanol–water partition coefficient (Wildman–Crippen LogP) is 3.59. The standard InChI is InChI=1S/C14H8F2O3/c15-13(16)7-1-3-10-11(5-7)9-4-2-8(17)6-12(9)19-14(10)18/h1-6,13,17H. The van der Waals surface area contributed by atoms with E-state index in [4.69, 9.17) is 4.42 Å². The van der Waals surface area contributed by atoms with Crippen molar-refractivity contribution in [3.05, 3.63) is 52.4 Å². The highest BCUT2D eigenvalue weighted by Crippen LogP contribution is 2.29. The maximum Gasteiger partial charge on any atom is 0.344 e. The Morgan fingerprint density at radius 2 is 1.74 bits per heavy atom. The van der Waals surface area contributed by atoms with Gasteiger partial charge in [0.1, 0.15) is 11.3 Å². The third kappa shape index (κ3) is 1.83. The van der Waals surface area contributed by atoms with Crippen molar-refractivity contribution in [2.45, 2.75) is 6.43 Å². The molecule has 0 amide bonds. The van der Waals surface area contributed by atoms with E-state index in [0.29, 0.717) is 10.8 Å². The molecule has 0 bridgehead atoms. The molecule has 0 saturated carbocycles. The highest BCUT2D eigenvalue weighted by atomic mass is 19.3. The molecule has 1 N–H and O–H groups in total. The van der Waals surface area contributed by atoms with Gasteiger partial charge in [0.05, 0.1) is 5.39 Å². The largest absolute Gasteiger partial charge is 0.508 e. The van der Waals surface area contributed by atoms with Crippen molar-refractivity contribution in [3.8, 4) is 5.75 Å². The van der Waals surface area contributed by atoms with Crippen molar-refractivity contribution in [1.82, 2.24) is 0 Å². The Bertz CT molecular complexity index is 837. The summed E-state index contributed by atoms with van der Waals surface area (Å²) in [4.78, 5) is 11.7. The molecule has 0 fully saturated rings. The smallest absolute Gasteiger partial charge is 0.344 e. The van der Waals surface area contributed by atoms with Gasteiger partial charge >= 0.3 is 5.63 Å². The average molecular weight is 262 g/mol. The number of aromatic hydroxyl groups is 1. The Hall–Kier alpha value is -2.43. The predicted molar refractivity (Wildman–Crippen MR) is 66.6 cm³/mol. The summed E-state index contributed by atoms with van der Waals surface area (Å²) >= 11 is 0. The van der Waals surface area contributed by atoms with Gasteiger partial charge in [-0.15, -0.1) is 0 Å². The minimum atomic E-state index is -2.61. The van der Waals surface area contributed by atoms with E-state index in [-0.39, 0.29) is 22.3 Å². The van der Waals surface area contributed by atoms with Gasteiger partial charge in [-0.05, 0) is 24.3 Å². The van der Waals surface area contributed by atoms with Gasteiger partial charge in [0.15, 0.2) is 0 Å². The maximum absolute atomic E-state index is 12.7. The molecule has 3 rings (SSSR count). The number of rotatable bonds is 1. The molecule has 3 aromatic rings. The number of phenolic OH excluding ortho intramolecular Hbond substituents is 1. The van der Waals surface area contributed by atoms with Crippen LogP contribution in [0.1, 0.15) is 12.0 Å². The summed E-state index contributed by atoms with van der Waals surface area (Å²) in [6.45, 7) is 0. The fourth-order valence-corrected chi connectivity index (χ4v) is 2.07. The summed E-state index contributed by atoms with van der Waals surface area (Å²) in [6, 6.07) is 8.04. The molecule has 1 aromatic heterocycles. The molecule has 19 heavy (non-hydrogen) atoms. The van der Waals surface area contributed by atoms with E-state index in [1.807, 2.05) is 0 Å². The molecule has 0 saturated heterocycles. The third-order valence-electron chi connectivity index (χ3n) is 2.97. The fourth-order valence-electron chi connectivity index (χ4n) is 2.07. The summed E-state index contributed by atoms with van der Waals surface area (Å²) in [6.07, 6.45) is -2.61. The van der Waals surface area contributed by atoms with E-state index >= 15 is 0 Å². The zero-order chi connectivity index (χ0) is 13.6. The Morgan fingerprint density at radius 3 is 2.47 bits per heavy atom. The van der Waals surface area contributed by atoms with Crippen LogP contribution in [-0.2, 0) is 0 Å². The van der Waals surface area contributed by atoms with Gasteiger partial charge in [-0.2, -0.15) is 0 Å².